The maximum absolute atomic E-state index is 12.3. The number of rotatable bonds is 6. The number of imide groups is 1. The van der Waals surface area contributed by atoms with Crippen LogP contribution < -0.4 is 10.2 Å². The van der Waals surface area contributed by atoms with Crippen LogP contribution in [0.4, 0.5) is 16.2 Å². The molecule has 0 spiro atoms. The molecule has 0 saturated carbocycles. The average Bonchev–Trinajstić information content (AvgIpc) is 2.89. The maximum atomic E-state index is 12.3. The Morgan fingerprint density at radius 2 is 1.85 bits per heavy atom. The Hall–Kier alpha value is -2.57. The van der Waals surface area contributed by atoms with Gasteiger partial charge in [-0.3, -0.25) is 14.5 Å². The number of piperidine rings is 1. The van der Waals surface area contributed by atoms with Gasteiger partial charge in [-0.15, -0.1) is 0 Å². The van der Waals surface area contributed by atoms with Crippen LogP contribution in [0.5, 0.6) is 0 Å². The van der Waals surface area contributed by atoms with Crippen LogP contribution >= 0.6 is 0 Å². The summed E-state index contributed by atoms with van der Waals surface area (Å²) in [6, 6.07) is 7.58. The summed E-state index contributed by atoms with van der Waals surface area (Å²) in [5, 5.41) is 2.99. The van der Waals surface area contributed by atoms with Gasteiger partial charge < -0.3 is 15.1 Å². The highest BCUT2D eigenvalue weighted by Gasteiger charge is 2.32. The van der Waals surface area contributed by atoms with Gasteiger partial charge in [0.15, 0.2) is 0 Å². The number of anilines is 2. The summed E-state index contributed by atoms with van der Waals surface area (Å²) >= 11 is 0. The van der Waals surface area contributed by atoms with Crippen LogP contribution in [0, 0.1) is 0 Å². The lowest BCUT2D eigenvalue weighted by Crippen LogP contribution is -2.33. The molecule has 2 fully saturated rings. The Morgan fingerprint density at radius 1 is 1.12 bits per heavy atom. The number of carbonyl (C=O) groups excluding carboxylic acids is 3. The molecule has 3 rings (SSSR count). The molecule has 0 aliphatic carbocycles. The molecule has 0 atom stereocenters. The van der Waals surface area contributed by atoms with Crippen molar-refractivity contribution in [1.82, 2.24) is 9.80 Å². The van der Waals surface area contributed by atoms with E-state index < -0.39 is 0 Å². The molecule has 2 aliphatic heterocycles. The highest BCUT2D eigenvalue weighted by molar-refractivity contribution is 6.01. The third-order valence-electron chi connectivity index (χ3n) is 4.89. The van der Waals surface area contributed by atoms with Crippen LogP contribution in [0.1, 0.15) is 32.1 Å². The smallest absolute Gasteiger partial charge is 0.326 e. The molecule has 0 aromatic heterocycles. The molecular formula is C19H26N4O3. The number of carbonyl (C=O) groups is 3. The molecule has 2 saturated heterocycles. The first-order valence-corrected chi connectivity index (χ1v) is 9.25. The summed E-state index contributed by atoms with van der Waals surface area (Å²) in [5.74, 6) is -0.296. The van der Waals surface area contributed by atoms with Crippen molar-refractivity contribution in [2.24, 2.45) is 0 Å². The summed E-state index contributed by atoms with van der Waals surface area (Å²) in [4.78, 5) is 40.8. The van der Waals surface area contributed by atoms with Crippen LogP contribution in [0.3, 0.4) is 0 Å². The van der Waals surface area contributed by atoms with E-state index in [2.05, 4.69) is 10.2 Å². The Morgan fingerprint density at radius 3 is 2.54 bits per heavy atom. The molecule has 0 radical (unpaired) electrons. The summed E-state index contributed by atoms with van der Waals surface area (Å²) in [6.45, 7) is 2.43. The second-order valence-electron chi connectivity index (χ2n) is 6.90. The molecule has 1 aromatic carbocycles. The van der Waals surface area contributed by atoms with Gasteiger partial charge in [-0.05, 0) is 37.8 Å². The largest absolute Gasteiger partial charge is 0.370 e. The van der Waals surface area contributed by atoms with Crippen molar-refractivity contribution in [3.05, 3.63) is 24.3 Å². The van der Waals surface area contributed by atoms with E-state index in [1.165, 1.54) is 29.1 Å². The molecule has 0 bridgehead atoms. The Labute approximate surface area is 153 Å². The number of amides is 4. The summed E-state index contributed by atoms with van der Waals surface area (Å²) < 4.78 is 0. The topological polar surface area (TPSA) is 73.0 Å². The first-order chi connectivity index (χ1) is 12.6. The number of likely N-dealkylation sites (N-methyl/N-ethyl adjacent to an activating group) is 1. The lowest BCUT2D eigenvalue weighted by atomic mass is 10.1. The predicted octanol–water partition coefficient (Wildman–Crippen LogP) is 2.29. The van der Waals surface area contributed by atoms with Crippen molar-refractivity contribution in [1.29, 1.82) is 0 Å². The third-order valence-corrected chi connectivity index (χ3v) is 4.89. The van der Waals surface area contributed by atoms with Gasteiger partial charge in [0, 0.05) is 33.1 Å². The van der Waals surface area contributed by atoms with Gasteiger partial charge in [0.1, 0.15) is 6.54 Å². The summed E-state index contributed by atoms with van der Waals surface area (Å²) in [5.41, 5.74) is 1.89. The molecule has 26 heavy (non-hydrogen) atoms. The van der Waals surface area contributed by atoms with Crippen LogP contribution in [0.25, 0.3) is 0 Å². The minimum absolute atomic E-state index is 0.0955. The molecule has 0 unspecified atom stereocenters. The third kappa shape index (κ3) is 4.15. The fourth-order valence-corrected chi connectivity index (χ4v) is 3.49. The molecule has 4 amide bonds. The van der Waals surface area contributed by atoms with E-state index in [1.54, 1.807) is 7.05 Å². The van der Waals surface area contributed by atoms with E-state index in [4.69, 9.17) is 0 Å². The van der Waals surface area contributed by atoms with Crippen molar-refractivity contribution in [3.8, 4) is 0 Å². The van der Waals surface area contributed by atoms with E-state index >= 15 is 0 Å². The first-order valence-electron chi connectivity index (χ1n) is 9.25. The van der Waals surface area contributed by atoms with Gasteiger partial charge in [-0.2, -0.15) is 0 Å². The van der Waals surface area contributed by atoms with Gasteiger partial charge in [0.25, 0.3) is 0 Å². The highest BCUT2D eigenvalue weighted by atomic mass is 16.2. The van der Waals surface area contributed by atoms with E-state index in [9.17, 15) is 14.4 Å². The van der Waals surface area contributed by atoms with Crippen molar-refractivity contribution < 1.29 is 14.4 Å². The molecule has 1 N–H and O–H groups in total. The predicted molar refractivity (Wildman–Crippen MR) is 100 cm³/mol. The average molecular weight is 358 g/mol. The second-order valence-corrected chi connectivity index (χ2v) is 6.90. The van der Waals surface area contributed by atoms with Crippen molar-refractivity contribution >= 4 is 29.2 Å². The molecule has 7 heteroatoms. The van der Waals surface area contributed by atoms with Gasteiger partial charge in [0.2, 0.25) is 11.8 Å². The van der Waals surface area contributed by atoms with Crippen molar-refractivity contribution in [2.45, 2.75) is 32.1 Å². The minimum Gasteiger partial charge on any atom is -0.370 e. The van der Waals surface area contributed by atoms with Crippen LogP contribution in [0.2, 0.25) is 0 Å². The van der Waals surface area contributed by atoms with E-state index in [0.29, 0.717) is 6.42 Å². The normalized spacial score (nSPS) is 17.8. The Bertz CT molecular complexity index is 685. The number of urea groups is 1. The molecule has 1 aromatic rings. The minimum atomic E-state index is -0.286. The maximum Gasteiger partial charge on any atom is 0.326 e. The zero-order valence-electron chi connectivity index (χ0n) is 15.2. The molecular weight excluding hydrogens is 332 g/mol. The number of para-hydroxylation sites is 2. The van der Waals surface area contributed by atoms with Gasteiger partial charge in [-0.1, -0.05) is 12.1 Å². The fraction of sp³-hybridized carbons (Fsp3) is 0.526. The Kier molecular flexibility index (Phi) is 5.75. The monoisotopic (exact) mass is 358 g/mol. The second kappa shape index (κ2) is 8.21. The van der Waals surface area contributed by atoms with E-state index in [0.717, 1.165) is 24.5 Å². The standard InChI is InChI=1S/C19H26N4O3/c1-21-14-18(25)23(19(21)26)13-7-10-17(24)20-15-8-3-4-9-16(15)22-11-5-2-6-12-22/h3-4,8-9H,2,5-7,10-14H2,1H3,(H,20,24). The zero-order valence-corrected chi connectivity index (χ0v) is 15.2. The van der Waals surface area contributed by atoms with Gasteiger partial charge >= 0.3 is 6.03 Å². The lowest BCUT2D eigenvalue weighted by molar-refractivity contribution is -0.125. The molecule has 140 valence electrons. The van der Waals surface area contributed by atoms with E-state index in [-0.39, 0.29) is 37.4 Å². The number of nitrogens with one attached hydrogen (secondary N) is 1. The highest BCUT2D eigenvalue weighted by Crippen LogP contribution is 2.28. The molecule has 2 aliphatic rings. The lowest BCUT2D eigenvalue weighted by Gasteiger charge is -2.30. The summed E-state index contributed by atoms with van der Waals surface area (Å²) in [7, 11) is 1.60. The van der Waals surface area contributed by atoms with Gasteiger partial charge in [0.05, 0.1) is 11.4 Å². The van der Waals surface area contributed by atoms with Gasteiger partial charge in [-0.25, -0.2) is 4.79 Å². The van der Waals surface area contributed by atoms with Crippen LogP contribution in [-0.4, -0.2) is 60.9 Å². The van der Waals surface area contributed by atoms with Crippen LogP contribution in [0.15, 0.2) is 24.3 Å². The fourth-order valence-electron chi connectivity index (χ4n) is 3.49. The number of nitrogens with zero attached hydrogens (tertiary/aromatic N) is 3. The first kappa shape index (κ1) is 18.2. The van der Waals surface area contributed by atoms with Crippen molar-refractivity contribution in [3.63, 3.8) is 0 Å². The van der Waals surface area contributed by atoms with Crippen molar-refractivity contribution in [2.75, 3.05) is 43.4 Å². The molecule has 2 heterocycles. The number of hydrogen-bond acceptors (Lipinski definition) is 4. The Balaban J connectivity index is 1.52. The number of benzene rings is 1. The van der Waals surface area contributed by atoms with E-state index in [1.807, 2.05) is 24.3 Å². The molecule has 7 nitrogen and oxygen atoms in total. The zero-order chi connectivity index (χ0) is 18.5. The number of hydrogen-bond donors (Lipinski definition) is 1. The van der Waals surface area contributed by atoms with Crippen LogP contribution in [-0.2, 0) is 9.59 Å². The SMILES string of the molecule is CN1CC(=O)N(CCCC(=O)Nc2ccccc2N2CCCCC2)C1=O. The quantitative estimate of drug-likeness (QED) is 0.792. The summed E-state index contributed by atoms with van der Waals surface area (Å²) in [6.07, 6.45) is 4.34.